The van der Waals surface area contributed by atoms with Gasteiger partial charge in [-0.25, -0.2) is 4.39 Å². The van der Waals surface area contributed by atoms with Crippen molar-refractivity contribution in [1.29, 1.82) is 0 Å². The van der Waals surface area contributed by atoms with Gasteiger partial charge in [0.15, 0.2) is 6.61 Å². The van der Waals surface area contributed by atoms with Gasteiger partial charge < -0.3 is 25.5 Å². The summed E-state index contributed by atoms with van der Waals surface area (Å²) in [6.07, 6.45) is 1.70. The first-order valence-electron chi connectivity index (χ1n) is 9.99. The van der Waals surface area contributed by atoms with Crippen molar-refractivity contribution >= 4 is 23.4 Å². The maximum atomic E-state index is 13.5. The third kappa shape index (κ3) is 4.35. The lowest BCUT2D eigenvalue weighted by atomic mass is 9.60. The Labute approximate surface area is 182 Å². The van der Waals surface area contributed by atoms with E-state index in [9.17, 15) is 19.1 Å². The van der Waals surface area contributed by atoms with Crippen molar-refractivity contribution in [1.82, 2.24) is 25.8 Å². The van der Waals surface area contributed by atoms with Crippen LogP contribution in [-0.2, 0) is 4.79 Å². The van der Waals surface area contributed by atoms with Gasteiger partial charge in [0.1, 0.15) is 17.4 Å². The van der Waals surface area contributed by atoms with E-state index >= 15 is 0 Å². The minimum atomic E-state index is -0.830. The first-order valence-corrected chi connectivity index (χ1v) is 10.4. The molecule has 1 atom stereocenters. The fraction of sp³-hybridized carbons (Fsp3) is 0.500. The lowest BCUT2D eigenvalue weighted by Gasteiger charge is -2.56. The first kappa shape index (κ1) is 21.5. The molecule has 3 fully saturated rings. The number of aliphatic hydroxyl groups is 1. The summed E-state index contributed by atoms with van der Waals surface area (Å²) in [7, 11) is 0. The van der Waals surface area contributed by atoms with Crippen LogP contribution in [0.4, 0.5) is 4.39 Å². The molecule has 1 aromatic heterocycles. The second-order valence-electron chi connectivity index (χ2n) is 8.28. The molecule has 2 amide bonds. The van der Waals surface area contributed by atoms with E-state index < -0.39 is 28.9 Å². The molecule has 5 rings (SSSR count). The number of ether oxygens (including phenoxy) is 1. The third-order valence-corrected chi connectivity index (χ3v) is 6.47. The second-order valence-corrected chi connectivity index (χ2v) is 8.69. The number of aromatic nitrogens is 3. The molecular formula is C20H23ClFN5O4. The summed E-state index contributed by atoms with van der Waals surface area (Å²) < 4.78 is 18.8. The zero-order valence-electron chi connectivity index (χ0n) is 16.9. The molecule has 0 saturated heterocycles. The van der Waals surface area contributed by atoms with Gasteiger partial charge in [-0.05, 0) is 51.2 Å². The number of carbonyl (C=O) groups is 2. The maximum absolute atomic E-state index is 13.5. The molecule has 2 aromatic rings. The van der Waals surface area contributed by atoms with Crippen LogP contribution in [0.25, 0.3) is 0 Å². The molecule has 2 bridgehead atoms. The van der Waals surface area contributed by atoms with Gasteiger partial charge in [0.25, 0.3) is 11.8 Å². The van der Waals surface area contributed by atoms with Crippen molar-refractivity contribution in [2.75, 3.05) is 6.61 Å². The number of aliphatic hydroxyl groups excluding tert-OH is 1. The Hall–Kier alpha value is -2.72. The molecule has 9 nitrogen and oxygen atoms in total. The highest BCUT2D eigenvalue weighted by Gasteiger charge is 2.55. The average Bonchev–Trinajstić information content (AvgIpc) is 3.17. The molecule has 1 unspecified atom stereocenters. The normalized spacial score (nSPS) is 27.0. The molecule has 3 aliphatic carbocycles. The topological polar surface area (TPSA) is 129 Å². The summed E-state index contributed by atoms with van der Waals surface area (Å²) in [5, 5.41) is 24.3. The standard InChI is InChI=1S/C20H23ClFN5O4/c1-11-23-17(27-26-11)18(30)25-19-4-6-20(7-5-19,15(28)9-19)24-16(29)10-31-12-2-3-13(21)14(22)8-12/h2-3,8,15,28H,4-7,9-10H2,1H3,(H,24,29)(H,25,30)(H,23,26,27). The molecule has 1 aromatic carbocycles. The highest BCUT2D eigenvalue weighted by Crippen LogP contribution is 2.47. The lowest BCUT2D eigenvalue weighted by Crippen LogP contribution is -2.70. The van der Waals surface area contributed by atoms with Crippen LogP contribution in [0.2, 0.25) is 5.02 Å². The molecule has 31 heavy (non-hydrogen) atoms. The zero-order chi connectivity index (χ0) is 22.2. The van der Waals surface area contributed by atoms with Crippen molar-refractivity contribution in [2.24, 2.45) is 0 Å². The summed E-state index contributed by atoms with van der Waals surface area (Å²) in [5.74, 6) is -0.549. The number of benzene rings is 1. The van der Waals surface area contributed by atoms with Gasteiger partial charge in [-0.1, -0.05) is 11.6 Å². The Balaban J connectivity index is 1.34. The number of rotatable bonds is 6. The molecule has 3 saturated carbocycles. The lowest BCUT2D eigenvalue weighted by molar-refractivity contribution is -0.132. The Morgan fingerprint density at radius 1 is 1.29 bits per heavy atom. The molecule has 0 aliphatic heterocycles. The van der Waals surface area contributed by atoms with Crippen LogP contribution < -0.4 is 15.4 Å². The second kappa shape index (κ2) is 8.08. The molecule has 1 heterocycles. The van der Waals surface area contributed by atoms with Crippen LogP contribution in [0.5, 0.6) is 5.75 Å². The maximum Gasteiger partial charge on any atom is 0.289 e. The molecule has 11 heteroatoms. The smallest absolute Gasteiger partial charge is 0.289 e. The van der Waals surface area contributed by atoms with Crippen LogP contribution in [0.1, 0.15) is 48.5 Å². The van der Waals surface area contributed by atoms with Gasteiger partial charge in [-0.2, -0.15) is 0 Å². The number of carbonyl (C=O) groups excluding carboxylic acids is 2. The Morgan fingerprint density at radius 2 is 2.03 bits per heavy atom. The predicted molar refractivity (Wildman–Crippen MR) is 108 cm³/mol. The van der Waals surface area contributed by atoms with Crippen LogP contribution in [0.15, 0.2) is 18.2 Å². The predicted octanol–water partition coefficient (Wildman–Crippen LogP) is 1.65. The third-order valence-electron chi connectivity index (χ3n) is 6.16. The average molecular weight is 452 g/mol. The Bertz CT molecular complexity index is 1010. The van der Waals surface area contributed by atoms with Crippen LogP contribution in [0, 0.1) is 12.7 Å². The van der Waals surface area contributed by atoms with Gasteiger partial charge in [-0.15, -0.1) is 10.2 Å². The van der Waals surface area contributed by atoms with Crippen molar-refractivity contribution in [3.8, 4) is 5.75 Å². The van der Waals surface area contributed by atoms with E-state index in [2.05, 4.69) is 25.8 Å². The largest absolute Gasteiger partial charge is 0.484 e. The van der Waals surface area contributed by atoms with Crippen LogP contribution >= 0.6 is 11.6 Å². The number of hydrogen-bond donors (Lipinski definition) is 4. The minimum absolute atomic E-state index is 0.0303. The molecular weight excluding hydrogens is 429 g/mol. The van der Waals surface area contributed by atoms with Gasteiger partial charge in [0, 0.05) is 11.6 Å². The van der Waals surface area contributed by atoms with E-state index in [0.717, 1.165) is 6.07 Å². The summed E-state index contributed by atoms with van der Waals surface area (Å²) in [6.45, 7) is 1.39. The van der Waals surface area contributed by atoms with Crippen molar-refractivity contribution in [3.63, 3.8) is 0 Å². The Morgan fingerprint density at radius 3 is 2.65 bits per heavy atom. The molecule has 4 N–H and O–H groups in total. The molecule has 3 aliphatic rings. The molecule has 166 valence electrons. The molecule has 0 spiro atoms. The van der Waals surface area contributed by atoms with E-state index in [1.165, 1.54) is 12.1 Å². The number of H-pyrrole nitrogens is 1. The number of amides is 2. The quantitative estimate of drug-likeness (QED) is 0.528. The van der Waals surface area contributed by atoms with E-state index in [1.807, 2.05) is 0 Å². The molecule has 0 radical (unpaired) electrons. The summed E-state index contributed by atoms with van der Waals surface area (Å²) >= 11 is 5.64. The monoisotopic (exact) mass is 451 g/mol. The van der Waals surface area contributed by atoms with E-state index in [4.69, 9.17) is 16.3 Å². The van der Waals surface area contributed by atoms with Crippen molar-refractivity contribution < 1.29 is 23.8 Å². The number of halogens is 2. The number of hydrogen-bond acceptors (Lipinski definition) is 6. The van der Waals surface area contributed by atoms with E-state index in [-0.39, 0.29) is 29.1 Å². The van der Waals surface area contributed by atoms with E-state index in [1.54, 1.807) is 6.92 Å². The highest BCUT2D eigenvalue weighted by molar-refractivity contribution is 6.30. The number of aryl methyl sites for hydroxylation is 1. The number of fused-ring (bicyclic) bond motifs is 3. The zero-order valence-corrected chi connectivity index (χ0v) is 17.6. The number of aromatic amines is 1. The van der Waals surface area contributed by atoms with Crippen molar-refractivity contribution in [3.05, 3.63) is 40.7 Å². The number of nitrogens with zero attached hydrogens (tertiary/aromatic N) is 2. The summed E-state index contributed by atoms with van der Waals surface area (Å²) in [4.78, 5) is 27.7. The summed E-state index contributed by atoms with van der Waals surface area (Å²) in [6, 6.07) is 3.93. The van der Waals surface area contributed by atoms with Crippen LogP contribution in [0.3, 0.4) is 0 Å². The Kier molecular flexibility index (Phi) is 5.61. The number of nitrogens with one attached hydrogen (secondary N) is 3. The summed E-state index contributed by atoms with van der Waals surface area (Å²) in [5.41, 5.74) is -1.33. The van der Waals surface area contributed by atoms with Gasteiger partial charge in [0.05, 0.1) is 16.7 Å². The van der Waals surface area contributed by atoms with Gasteiger partial charge in [0.2, 0.25) is 5.82 Å². The highest BCUT2D eigenvalue weighted by atomic mass is 35.5. The van der Waals surface area contributed by atoms with Crippen LogP contribution in [-0.4, -0.2) is 55.9 Å². The SMILES string of the molecule is Cc1nnc(C(=O)NC23CCC(NC(=O)COc4ccc(Cl)c(F)c4)(CC2)C(O)C3)[nH]1. The fourth-order valence-electron chi connectivity index (χ4n) is 4.44. The van der Waals surface area contributed by atoms with Gasteiger partial charge >= 0.3 is 0 Å². The fourth-order valence-corrected chi connectivity index (χ4v) is 4.56. The van der Waals surface area contributed by atoms with Gasteiger partial charge in [-0.3, -0.25) is 9.59 Å². The minimum Gasteiger partial charge on any atom is -0.484 e. The first-order chi connectivity index (χ1) is 14.7. The van der Waals surface area contributed by atoms with E-state index in [0.29, 0.717) is 37.9 Å². The van der Waals surface area contributed by atoms with Crippen molar-refractivity contribution in [2.45, 2.75) is 56.2 Å².